The van der Waals surface area contributed by atoms with Gasteiger partial charge in [0.1, 0.15) is 5.82 Å². The van der Waals surface area contributed by atoms with Gasteiger partial charge in [-0.05, 0) is 18.2 Å². The van der Waals surface area contributed by atoms with Gasteiger partial charge in [0.2, 0.25) is 0 Å². The van der Waals surface area contributed by atoms with Gasteiger partial charge in [0.25, 0.3) is 5.69 Å². The number of nitrogens with zero attached hydrogens (tertiary/aromatic N) is 1. The third-order valence-corrected chi connectivity index (χ3v) is 2.55. The molecule has 0 aliphatic rings. The molecule has 0 saturated heterocycles. The van der Waals surface area contributed by atoms with E-state index in [-0.39, 0.29) is 11.3 Å². The number of benzene rings is 2. The van der Waals surface area contributed by atoms with E-state index in [1.165, 1.54) is 48.5 Å². The zero-order valence-electron chi connectivity index (χ0n) is 9.72. The Morgan fingerprint density at radius 3 is 2.32 bits per heavy atom. The van der Waals surface area contributed by atoms with Crippen LogP contribution in [-0.2, 0) is 0 Å². The van der Waals surface area contributed by atoms with Crippen LogP contribution in [0, 0.1) is 15.9 Å². The summed E-state index contributed by atoms with van der Waals surface area (Å²) < 4.78 is 27.2. The van der Waals surface area contributed by atoms with Gasteiger partial charge in [0.05, 0.1) is 4.92 Å². The van der Waals surface area contributed by atoms with Crippen molar-refractivity contribution in [2.24, 2.45) is 0 Å². The van der Waals surface area contributed by atoms with Gasteiger partial charge < -0.3 is 5.32 Å². The van der Waals surface area contributed by atoms with Gasteiger partial charge in [0.15, 0.2) is 6.30 Å². The van der Waals surface area contributed by atoms with Crippen molar-refractivity contribution in [1.82, 2.24) is 0 Å². The highest BCUT2D eigenvalue weighted by Crippen LogP contribution is 2.24. The molecule has 0 aliphatic heterocycles. The van der Waals surface area contributed by atoms with Crippen molar-refractivity contribution >= 4 is 11.4 Å². The van der Waals surface area contributed by atoms with Crippen LogP contribution in [0.5, 0.6) is 0 Å². The number of nitrogens with one attached hydrogen (secondary N) is 1. The topological polar surface area (TPSA) is 55.2 Å². The lowest BCUT2D eigenvalue weighted by Gasteiger charge is -2.12. The predicted molar refractivity (Wildman–Crippen MR) is 67.0 cm³/mol. The zero-order valence-corrected chi connectivity index (χ0v) is 9.72. The van der Waals surface area contributed by atoms with E-state index in [1.807, 2.05) is 0 Å². The molecule has 0 heterocycles. The van der Waals surface area contributed by atoms with E-state index in [4.69, 9.17) is 0 Å². The zero-order chi connectivity index (χ0) is 13.8. The SMILES string of the molecule is O=[N+]([O-])c1ccc(NC(F)c2ccccc2F)cc1. The monoisotopic (exact) mass is 264 g/mol. The van der Waals surface area contributed by atoms with Crippen molar-refractivity contribution in [3.63, 3.8) is 0 Å². The van der Waals surface area contributed by atoms with E-state index in [2.05, 4.69) is 5.32 Å². The molecule has 1 atom stereocenters. The molecule has 1 unspecified atom stereocenters. The van der Waals surface area contributed by atoms with Gasteiger partial charge in [-0.3, -0.25) is 10.1 Å². The van der Waals surface area contributed by atoms with Crippen LogP contribution in [0.4, 0.5) is 20.2 Å². The molecule has 2 aromatic rings. The Hall–Kier alpha value is -2.50. The molecule has 0 spiro atoms. The van der Waals surface area contributed by atoms with Crippen molar-refractivity contribution in [2.75, 3.05) is 5.32 Å². The van der Waals surface area contributed by atoms with Crippen LogP contribution in [0.25, 0.3) is 0 Å². The third-order valence-electron chi connectivity index (χ3n) is 2.55. The quantitative estimate of drug-likeness (QED) is 0.519. The predicted octanol–water partition coefficient (Wildman–Crippen LogP) is 3.81. The fraction of sp³-hybridized carbons (Fsp3) is 0.0769. The normalized spacial score (nSPS) is 11.9. The summed E-state index contributed by atoms with van der Waals surface area (Å²) in [7, 11) is 0. The number of nitro benzene ring substituents is 1. The summed E-state index contributed by atoms with van der Waals surface area (Å²) in [5.41, 5.74) is 0.133. The van der Waals surface area contributed by atoms with Crippen molar-refractivity contribution < 1.29 is 13.7 Å². The van der Waals surface area contributed by atoms with Crippen LogP contribution >= 0.6 is 0 Å². The summed E-state index contributed by atoms with van der Waals surface area (Å²) in [6.07, 6.45) is -1.72. The molecule has 2 rings (SSSR count). The maximum Gasteiger partial charge on any atom is 0.269 e. The highest BCUT2D eigenvalue weighted by molar-refractivity contribution is 5.49. The fourth-order valence-corrected chi connectivity index (χ4v) is 1.58. The summed E-state index contributed by atoms with van der Waals surface area (Å²) in [4.78, 5) is 9.91. The first-order valence-electron chi connectivity index (χ1n) is 5.47. The maximum atomic E-state index is 13.9. The second-order valence-electron chi connectivity index (χ2n) is 3.83. The molecular formula is C13H10F2N2O2. The summed E-state index contributed by atoms with van der Waals surface area (Å²) in [5, 5.41) is 12.9. The van der Waals surface area contributed by atoms with Gasteiger partial charge in [0, 0.05) is 23.4 Å². The van der Waals surface area contributed by atoms with E-state index in [0.717, 1.165) is 0 Å². The van der Waals surface area contributed by atoms with Crippen LogP contribution < -0.4 is 5.32 Å². The second-order valence-corrected chi connectivity index (χ2v) is 3.83. The Morgan fingerprint density at radius 1 is 1.11 bits per heavy atom. The molecule has 1 N–H and O–H groups in total. The van der Waals surface area contributed by atoms with Gasteiger partial charge in [-0.15, -0.1) is 0 Å². The van der Waals surface area contributed by atoms with Crippen molar-refractivity contribution in [3.05, 3.63) is 70.0 Å². The number of anilines is 1. The van der Waals surface area contributed by atoms with Gasteiger partial charge in [-0.1, -0.05) is 18.2 Å². The Kier molecular flexibility index (Phi) is 3.70. The second kappa shape index (κ2) is 5.43. The lowest BCUT2D eigenvalue weighted by molar-refractivity contribution is -0.384. The molecule has 19 heavy (non-hydrogen) atoms. The first-order chi connectivity index (χ1) is 9.08. The minimum Gasteiger partial charge on any atom is -0.352 e. The Bertz CT molecular complexity index is 587. The number of hydrogen-bond donors (Lipinski definition) is 1. The molecule has 6 heteroatoms. The largest absolute Gasteiger partial charge is 0.352 e. The standard InChI is InChI=1S/C13H10F2N2O2/c14-12-4-2-1-3-11(12)13(15)16-9-5-7-10(8-6-9)17(18)19/h1-8,13,16H. The average Bonchev–Trinajstić information content (AvgIpc) is 2.39. The minimum atomic E-state index is -1.72. The Morgan fingerprint density at radius 2 is 1.74 bits per heavy atom. The molecule has 0 radical (unpaired) electrons. The van der Waals surface area contributed by atoms with Crippen LogP contribution in [0.15, 0.2) is 48.5 Å². The number of alkyl halides is 1. The van der Waals surface area contributed by atoms with E-state index in [1.54, 1.807) is 0 Å². The lowest BCUT2D eigenvalue weighted by atomic mass is 10.2. The number of halogens is 2. The maximum absolute atomic E-state index is 13.9. The molecule has 0 aliphatic carbocycles. The van der Waals surface area contributed by atoms with Crippen LogP contribution in [0.3, 0.4) is 0 Å². The average molecular weight is 264 g/mol. The summed E-state index contributed by atoms with van der Waals surface area (Å²) >= 11 is 0. The summed E-state index contributed by atoms with van der Waals surface area (Å²) in [6.45, 7) is 0. The molecule has 98 valence electrons. The summed E-state index contributed by atoms with van der Waals surface area (Å²) in [5.74, 6) is -0.649. The molecule has 0 bridgehead atoms. The molecule has 0 amide bonds. The fourth-order valence-electron chi connectivity index (χ4n) is 1.58. The minimum absolute atomic E-state index is 0.0909. The van der Waals surface area contributed by atoms with Crippen LogP contribution in [0.2, 0.25) is 0 Å². The highest BCUT2D eigenvalue weighted by Gasteiger charge is 2.14. The Balaban J connectivity index is 2.13. The highest BCUT2D eigenvalue weighted by atomic mass is 19.1. The van der Waals surface area contributed by atoms with Gasteiger partial charge in [-0.25, -0.2) is 8.78 Å². The van der Waals surface area contributed by atoms with Crippen LogP contribution in [0.1, 0.15) is 11.9 Å². The number of hydrogen-bond acceptors (Lipinski definition) is 3. The number of non-ortho nitro benzene ring substituents is 1. The van der Waals surface area contributed by atoms with E-state index in [0.29, 0.717) is 5.69 Å². The molecular weight excluding hydrogens is 254 g/mol. The molecule has 2 aromatic carbocycles. The molecule has 4 nitrogen and oxygen atoms in total. The number of nitro groups is 1. The summed E-state index contributed by atoms with van der Waals surface area (Å²) in [6, 6.07) is 10.7. The van der Waals surface area contributed by atoms with Crippen molar-refractivity contribution in [2.45, 2.75) is 6.30 Å². The molecule has 0 saturated carbocycles. The third kappa shape index (κ3) is 3.04. The van der Waals surface area contributed by atoms with Crippen LogP contribution in [-0.4, -0.2) is 4.92 Å². The van der Waals surface area contributed by atoms with Crippen molar-refractivity contribution in [1.29, 1.82) is 0 Å². The molecule has 0 fully saturated rings. The smallest absolute Gasteiger partial charge is 0.269 e. The number of rotatable bonds is 4. The first kappa shape index (κ1) is 12.9. The lowest BCUT2D eigenvalue weighted by Crippen LogP contribution is -2.07. The van der Waals surface area contributed by atoms with E-state index < -0.39 is 17.0 Å². The van der Waals surface area contributed by atoms with E-state index in [9.17, 15) is 18.9 Å². The first-order valence-corrected chi connectivity index (χ1v) is 5.47. The molecule has 0 aromatic heterocycles. The van der Waals surface area contributed by atoms with Gasteiger partial charge >= 0.3 is 0 Å². The van der Waals surface area contributed by atoms with E-state index >= 15 is 0 Å². The Labute approximate surface area is 107 Å². The van der Waals surface area contributed by atoms with Gasteiger partial charge in [-0.2, -0.15) is 0 Å². The van der Waals surface area contributed by atoms with Crippen molar-refractivity contribution in [3.8, 4) is 0 Å².